The summed E-state index contributed by atoms with van der Waals surface area (Å²) in [6, 6.07) is 2.36. The molecule has 0 unspecified atom stereocenters. The van der Waals surface area contributed by atoms with E-state index in [0.717, 1.165) is 10.3 Å². The van der Waals surface area contributed by atoms with Crippen molar-refractivity contribution in [1.82, 2.24) is 9.78 Å². The summed E-state index contributed by atoms with van der Waals surface area (Å²) in [5.74, 6) is -1.15. The maximum Gasteiger partial charge on any atom is 0.356 e. The number of aromatic carboxylic acids is 1. The summed E-state index contributed by atoms with van der Waals surface area (Å²) in [4.78, 5) is 21.7. The normalized spacial score (nSPS) is 9.79. The number of carboxylic acids is 1. The lowest BCUT2D eigenvalue weighted by Gasteiger charge is -2.03. The van der Waals surface area contributed by atoms with Crippen LogP contribution in [0.1, 0.15) is 17.4 Å². The van der Waals surface area contributed by atoms with Gasteiger partial charge in [-0.1, -0.05) is 12.2 Å². The minimum Gasteiger partial charge on any atom is -0.476 e. The fraction of sp³-hybridized carbons (Fsp3) is 0.222. The Morgan fingerprint density at radius 2 is 2.29 bits per heavy atom. The van der Waals surface area contributed by atoms with Crippen LogP contribution in [0.25, 0.3) is 0 Å². The van der Waals surface area contributed by atoms with Gasteiger partial charge < -0.3 is 5.11 Å². The molecule has 0 aliphatic rings. The lowest BCUT2D eigenvalue weighted by molar-refractivity contribution is 0.0687. The zero-order valence-electron chi connectivity index (χ0n) is 7.73. The Morgan fingerprint density at radius 3 is 2.79 bits per heavy atom. The number of hydrogen-bond donors (Lipinski definition) is 1. The zero-order chi connectivity index (χ0) is 10.7. The lowest BCUT2D eigenvalue weighted by atomic mass is 10.3. The molecule has 5 nitrogen and oxygen atoms in total. The summed E-state index contributed by atoms with van der Waals surface area (Å²) in [5, 5.41) is 12.3. The minimum atomic E-state index is -1.15. The fourth-order valence-electron chi connectivity index (χ4n) is 0.932. The predicted molar refractivity (Wildman–Crippen MR) is 50.3 cm³/mol. The van der Waals surface area contributed by atoms with Gasteiger partial charge in [0.25, 0.3) is 5.56 Å². The summed E-state index contributed by atoms with van der Waals surface area (Å²) < 4.78 is 1.08. The Morgan fingerprint density at radius 1 is 1.64 bits per heavy atom. The molecule has 0 radical (unpaired) electrons. The second-order valence-corrected chi connectivity index (χ2v) is 2.98. The van der Waals surface area contributed by atoms with Crippen molar-refractivity contribution in [3.05, 3.63) is 40.3 Å². The van der Waals surface area contributed by atoms with E-state index < -0.39 is 5.97 Å². The van der Waals surface area contributed by atoms with Gasteiger partial charge in [-0.2, -0.15) is 5.10 Å². The van der Waals surface area contributed by atoms with Crippen molar-refractivity contribution in [1.29, 1.82) is 0 Å². The largest absolute Gasteiger partial charge is 0.476 e. The maximum absolute atomic E-state index is 11.2. The van der Waals surface area contributed by atoms with Crippen LogP contribution < -0.4 is 5.56 Å². The number of nitrogens with zero attached hydrogens (tertiary/aromatic N) is 2. The predicted octanol–water partition coefficient (Wildman–Crippen LogP) is 0.518. The third-order valence-corrected chi connectivity index (χ3v) is 1.51. The first-order valence-corrected chi connectivity index (χ1v) is 3.96. The molecule has 0 spiro atoms. The van der Waals surface area contributed by atoms with Crippen LogP contribution in [0.4, 0.5) is 0 Å². The van der Waals surface area contributed by atoms with Gasteiger partial charge in [-0.15, -0.1) is 0 Å². The molecule has 1 N–H and O–H groups in total. The van der Waals surface area contributed by atoms with Gasteiger partial charge in [0.2, 0.25) is 0 Å². The molecule has 0 aromatic carbocycles. The van der Waals surface area contributed by atoms with Gasteiger partial charge >= 0.3 is 5.97 Å². The highest BCUT2D eigenvalue weighted by molar-refractivity contribution is 5.84. The van der Waals surface area contributed by atoms with Gasteiger partial charge in [-0.3, -0.25) is 4.79 Å². The van der Waals surface area contributed by atoms with Crippen molar-refractivity contribution in [2.75, 3.05) is 0 Å². The third kappa shape index (κ3) is 2.29. The van der Waals surface area contributed by atoms with Crippen molar-refractivity contribution < 1.29 is 9.90 Å². The molecule has 0 fully saturated rings. The highest BCUT2D eigenvalue weighted by Gasteiger charge is 2.06. The Kier molecular flexibility index (Phi) is 2.81. The molecule has 5 heteroatoms. The van der Waals surface area contributed by atoms with Crippen LogP contribution in [0.15, 0.2) is 29.1 Å². The highest BCUT2D eigenvalue weighted by Crippen LogP contribution is 1.93. The molecule has 1 aromatic rings. The van der Waals surface area contributed by atoms with E-state index in [4.69, 9.17) is 5.11 Å². The van der Waals surface area contributed by atoms with E-state index in [2.05, 4.69) is 11.7 Å². The number of rotatable bonds is 3. The molecular formula is C9H10N2O3. The molecule has 0 saturated heterocycles. The molecule has 0 bridgehead atoms. The number of allylic oxidation sites excluding steroid dienone is 1. The molecule has 1 rings (SSSR count). The van der Waals surface area contributed by atoms with E-state index in [0.29, 0.717) is 0 Å². The van der Waals surface area contributed by atoms with Crippen LogP contribution in [0.3, 0.4) is 0 Å². The van der Waals surface area contributed by atoms with E-state index in [1.807, 2.05) is 0 Å². The van der Waals surface area contributed by atoms with Crippen LogP contribution in [0.5, 0.6) is 0 Å². The van der Waals surface area contributed by atoms with Crippen LogP contribution in [0, 0.1) is 0 Å². The topological polar surface area (TPSA) is 72.2 Å². The van der Waals surface area contributed by atoms with E-state index in [1.165, 1.54) is 12.1 Å². The molecule has 1 aromatic heterocycles. The maximum atomic E-state index is 11.2. The first kappa shape index (κ1) is 10.2. The first-order chi connectivity index (χ1) is 6.50. The van der Waals surface area contributed by atoms with Crippen molar-refractivity contribution in [3.63, 3.8) is 0 Å². The number of aromatic nitrogens is 2. The summed E-state index contributed by atoms with van der Waals surface area (Å²) in [6.45, 7) is 5.59. The zero-order valence-corrected chi connectivity index (χ0v) is 7.73. The summed E-state index contributed by atoms with van der Waals surface area (Å²) in [6.07, 6.45) is 0. The number of carboxylic acid groups (broad SMARTS) is 1. The monoisotopic (exact) mass is 194 g/mol. The Bertz CT molecular complexity index is 434. The van der Waals surface area contributed by atoms with Crippen molar-refractivity contribution >= 4 is 5.97 Å². The molecule has 0 aliphatic heterocycles. The van der Waals surface area contributed by atoms with Gasteiger partial charge in [-0.25, -0.2) is 9.48 Å². The molecular weight excluding hydrogens is 184 g/mol. The van der Waals surface area contributed by atoms with Gasteiger partial charge in [0, 0.05) is 6.07 Å². The smallest absolute Gasteiger partial charge is 0.356 e. The van der Waals surface area contributed by atoms with Crippen molar-refractivity contribution in [3.8, 4) is 0 Å². The molecule has 0 saturated carbocycles. The van der Waals surface area contributed by atoms with Crippen LogP contribution >= 0.6 is 0 Å². The van der Waals surface area contributed by atoms with E-state index in [9.17, 15) is 9.59 Å². The summed E-state index contributed by atoms with van der Waals surface area (Å²) in [7, 11) is 0. The molecule has 0 atom stereocenters. The Labute approximate surface area is 80.3 Å². The van der Waals surface area contributed by atoms with Crippen LogP contribution in [-0.4, -0.2) is 20.9 Å². The summed E-state index contributed by atoms with van der Waals surface area (Å²) >= 11 is 0. The van der Waals surface area contributed by atoms with Gasteiger partial charge in [0.1, 0.15) is 0 Å². The van der Waals surface area contributed by atoms with Crippen molar-refractivity contribution in [2.45, 2.75) is 13.5 Å². The average Bonchev–Trinajstić information content (AvgIpc) is 2.07. The Hall–Kier alpha value is -1.91. The third-order valence-electron chi connectivity index (χ3n) is 1.51. The van der Waals surface area contributed by atoms with E-state index >= 15 is 0 Å². The number of carbonyl (C=O) groups is 1. The molecule has 0 amide bonds. The second-order valence-electron chi connectivity index (χ2n) is 2.98. The summed E-state index contributed by atoms with van der Waals surface area (Å²) in [5.41, 5.74) is 0.256. The molecule has 14 heavy (non-hydrogen) atoms. The van der Waals surface area contributed by atoms with E-state index in [-0.39, 0.29) is 17.8 Å². The SMILES string of the molecule is C=C(C)Cn1nc(C(=O)O)ccc1=O. The quantitative estimate of drug-likeness (QED) is 0.712. The Balaban J connectivity index is 3.15. The lowest BCUT2D eigenvalue weighted by Crippen LogP contribution is -2.24. The van der Waals surface area contributed by atoms with Gasteiger partial charge in [0.15, 0.2) is 5.69 Å². The first-order valence-electron chi connectivity index (χ1n) is 3.96. The highest BCUT2D eigenvalue weighted by atomic mass is 16.4. The fourth-order valence-corrected chi connectivity index (χ4v) is 0.932. The number of hydrogen-bond acceptors (Lipinski definition) is 3. The second kappa shape index (κ2) is 3.87. The molecule has 1 heterocycles. The molecule has 0 aliphatic carbocycles. The molecule has 74 valence electrons. The van der Waals surface area contributed by atoms with Gasteiger partial charge in [0.05, 0.1) is 6.54 Å². The van der Waals surface area contributed by atoms with Crippen LogP contribution in [-0.2, 0) is 6.54 Å². The van der Waals surface area contributed by atoms with E-state index in [1.54, 1.807) is 6.92 Å². The average molecular weight is 194 g/mol. The van der Waals surface area contributed by atoms with Gasteiger partial charge in [-0.05, 0) is 13.0 Å². The van der Waals surface area contributed by atoms with Crippen LogP contribution in [0.2, 0.25) is 0 Å². The standard InChI is InChI=1S/C9H10N2O3/c1-6(2)5-11-8(12)4-3-7(10-11)9(13)14/h3-4H,1,5H2,2H3,(H,13,14). The minimum absolute atomic E-state index is 0.147. The van der Waals surface area contributed by atoms with Crippen molar-refractivity contribution in [2.24, 2.45) is 0 Å².